The molecule has 19 heavy (non-hydrogen) atoms. The van der Waals surface area contributed by atoms with Crippen LogP contribution in [0.2, 0.25) is 0 Å². The van der Waals surface area contributed by atoms with Crippen LogP contribution in [0.4, 0.5) is 0 Å². The highest BCUT2D eigenvalue weighted by molar-refractivity contribution is 7.99. The summed E-state index contributed by atoms with van der Waals surface area (Å²) in [6.45, 7) is 5.88. The zero-order valence-corrected chi connectivity index (χ0v) is 13.0. The van der Waals surface area contributed by atoms with Gasteiger partial charge in [0.05, 0.1) is 0 Å². The lowest BCUT2D eigenvalue weighted by Gasteiger charge is -2.21. The van der Waals surface area contributed by atoms with E-state index in [0.717, 1.165) is 24.5 Å². The Kier molecular flexibility index (Phi) is 8.97. The van der Waals surface area contributed by atoms with Gasteiger partial charge in [-0.15, -0.1) is 0 Å². The van der Waals surface area contributed by atoms with Gasteiger partial charge in [0.2, 0.25) is 0 Å². The van der Waals surface area contributed by atoms with Gasteiger partial charge in [-0.2, -0.15) is 11.8 Å². The van der Waals surface area contributed by atoms with Crippen LogP contribution in [0.5, 0.6) is 0 Å². The molecular formula is C16H27NOS. The van der Waals surface area contributed by atoms with E-state index in [4.69, 9.17) is 5.11 Å². The van der Waals surface area contributed by atoms with Gasteiger partial charge in [-0.05, 0) is 30.1 Å². The van der Waals surface area contributed by atoms with E-state index in [1.165, 1.54) is 12.0 Å². The molecule has 0 bridgehead atoms. The maximum atomic E-state index is 8.73. The Morgan fingerprint density at radius 3 is 2.53 bits per heavy atom. The monoisotopic (exact) mass is 281 g/mol. The van der Waals surface area contributed by atoms with Crippen molar-refractivity contribution in [3.8, 4) is 0 Å². The Bertz CT molecular complexity index is 316. The van der Waals surface area contributed by atoms with Crippen LogP contribution in [0.15, 0.2) is 30.3 Å². The second-order valence-electron chi connectivity index (χ2n) is 5.24. The Morgan fingerprint density at radius 1 is 1.16 bits per heavy atom. The molecule has 0 saturated heterocycles. The highest BCUT2D eigenvalue weighted by Crippen LogP contribution is 2.20. The molecular weight excluding hydrogens is 254 g/mol. The predicted octanol–water partition coefficient (Wildman–Crippen LogP) is 3.48. The summed E-state index contributed by atoms with van der Waals surface area (Å²) >= 11 is 1.91. The molecule has 0 fully saturated rings. The fraction of sp³-hybridized carbons (Fsp3) is 0.625. The Balaban J connectivity index is 2.34. The van der Waals surface area contributed by atoms with Gasteiger partial charge in [-0.1, -0.05) is 44.2 Å². The van der Waals surface area contributed by atoms with Gasteiger partial charge >= 0.3 is 0 Å². The number of rotatable bonds is 10. The molecule has 0 saturated carbocycles. The smallest absolute Gasteiger partial charge is 0.0438 e. The molecule has 0 aliphatic carbocycles. The second-order valence-corrected chi connectivity index (χ2v) is 6.46. The van der Waals surface area contributed by atoms with E-state index in [1.807, 2.05) is 11.8 Å². The normalized spacial score (nSPS) is 12.8. The van der Waals surface area contributed by atoms with E-state index in [-0.39, 0.29) is 0 Å². The van der Waals surface area contributed by atoms with Gasteiger partial charge in [0.15, 0.2) is 0 Å². The van der Waals surface area contributed by atoms with Gasteiger partial charge in [0.1, 0.15) is 0 Å². The quantitative estimate of drug-likeness (QED) is 0.644. The van der Waals surface area contributed by atoms with Crippen LogP contribution >= 0.6 is 11.8 Å². The number of hydrogen-bond acceptors (Lipinski definition) is 3. The minimum absolute atomic E-state index is 0.306. The lowest BCUT2D eigenvalue weighted by molar-refractivity contribution is 0.296. The predicted molar refractivity (Wildman–Crippen MR) is 85.7 cm³/mol. The first-order chi connectivity index (χ1) is 9.24. The standard InChI is InChI=1S/C16H27NOS/c1-14(2)13-16(15-7-4-3-5-8-15)17-9-12-19-11-6-10-18/h3-5,7-8,14,16-18H,6,9-13H2,1-2H3. The first kappa shape index (κ1) is 16.5. The van der Waals surface area contributed by atoms with Gasteiger partial charge < -0.3 is 10.4 Å². The van der Waals surface area contributed by atoms with Crippen LogP contribution in [0, 0.1) is 5.92 Å². The van der Waals surface area contributed by atoms with Gasteiger partial charge in [0.25, 0.3) is 0 Å². The molecule has 1 aromatic rings. The van der Waals surface area contributed by atoms with Crippen LogP contribution in [0.25, 0.3) is 0 Å². The average molecular weight is 281 g/mol. The molecule has 0 radical (unpaired) electrons. The highest BCUT2D eigenvalue weighted by Gasteiger charge is 2.11. The molecule has 2 N–H and O–H groups in total. The molecule has 0 aromatic heterocycles. The minimum Gasteiger partial charge on any atom is -0.396 e. The van der Waals surface area contributed by atoms with E-state index in [2.05, 4.69) is 49.5 Å². The van der Waals surface area contributed by atoms with Crippen molar-refractivity contribution in [2.75, 3.05) is 24.7 Å². The number of aliphatic hydroxyl groups excluding tert-OH is 1. The average Bonchev–Trinajstić information content (AvgIpc) is 2.42. The fourth-order valence-electron chi connectivity index (χ4n) is 2.07. The summed E-state index contributed by atoms with van der Waals surface area (Å²) in [5.74, 6) is 2.86. The SMILES string of the molecule is CC(C)CC(NCCSCCCO)c1ccccc1. The molecule has 1 atom stereocenters. The largest absolute Gasteiger partial charge is 0.396 e. The van der Waals surface area contributed by atoms with E-state index in [9.17, 15) is 0 Å². The van der Waals surface area contributed by atoms with Crippen molar-refractivity contribution >= 4 is 11.8 Å². The van der Waals surface area contributed by atoms with Gasteiger partial charge in [-0.25, -0.2) is 0 Å². The maximum Gasteiger partial charge on any atom is 0.0438 e. The lowest BCUT2D eigenvalue weighted by atomic mass is 9.97. The topological polar surface area (TPSA) is 32.3 Å². The van der Waals surface area contributed by atoms with E-state index in [1.54, 1.807) is 0 Å². The number of benzene rings is 1. The maximum absolute atomic E-state index is 8.73. The molecule has 0 heterocycles. The van der Waals surface area contributed by atoms with E-state index >= 15 is 0 Å². The van der Waals surface area contributed by atoms with E-state index in [0.29, 0.717) is 18.6 Å². The Morgan fingerprint density at radius 2 is 1.89 bits per heavy atom. The summed E-state index contributed by atoms with van der Waals surface area (Å²) in [7, 11) is 0. The van der Waals surface area contributed by atoms with Crippen molar-refractivity contribution in [2.24, 2.45) is 5.92 Å². The molecule has 1 aromatic carbocycles. The minimum atomic E-state index is 0.306. The number of aliphatic hydroxyl groups is 1. The summed E-state index contributed by atoms with van der Waals surface area (Å²) in [5, 5.41) is 12.4. The van der Waals surface area contributed by atoms with Crippen molar-refractivity contribution in [3.05, 3.63) is 35.9 Å². The Hall–Kier alpha value is -0.510. The van der Waals surface area contributed by atoms with Crippen molar-refractivity contribution in [2.45, 2.75) is 32.7 Å². The third-order valence-corrected chi connectivity index (χ3v) is 4.06. The first-order valence-electron chi connectivity index (χ1n) is 7.21. The van der Waals surface area contributed by atoms with Gasteiger partial charge in [0, 0.05) is 24.9 Å². The summed E-state index contributed by atoms with van der Waals surface area (Å²) in [5.41, 5.74) is 1.39. The van der Waals surface area contributed by atoms with Crippen molar-refractivity contribution in [3.63, 3.8) is 0 Å². The third-order valence-electron chi connectivity index (χ3n) is 2.99. The van der Waals surface area contributed by atoms with Crippen LogP contribution in [-0.4, -0.2) is 29.8 Å². The van der Waals surface area contributed by atoms with Crippen LogP contribution in [-0.2, 0) is 0 Å². The molecule has 108 valence electrons. The molecule has 0 aliphatic heterocycles. The lowest BCUT2D eigenvalue weighted by Crippen LogP contribution is -2.25. The van der Waals surface area contributed by atoms with Crippen LogP contribution in [0.3, 0.4) is 0 Å². The van der Waals surface area contributed by atoms with Gasteiger partial charge in [-0.3, -0.25) is 0 Å². The van der Waals surface area contributed by atoms with E-state index < -0.39 is 0 Å². The molecule has 3 heteroatoms. The molecule has 1 unspecified atom stereocenters. The second kappa shape index (κ2) is 10.3. The third kappa shape index (κ3) is 7.61. The molecule has 0 spiro atoms. The fourth-order valence-corrected chi connectivity index (χ4v) is 2.87. The summed E-state index contributed by atoms with van der Waals surface area (Å²) in [4.78, 5) is 0. The first-order valence-corrected chi connectivity index (χ1v) is 8.36. The molecule has 0 amide bonds. The molecule has 1 rings (SSSR count). The molecule has 0 aliphatic rings. The van der Waals surface area contributed by atoms with Crippen LogP contribution in [0.1, 0.15) is 38.3 Å². The van der Waals surface area contributed by atoms with Crippen LogP contribution < -0.4 is 5.32 Å². The Labute approximate surface area is 122 Å². The zero-order valence-electron chi connectivity index (χ0n) is 12.1. The van der Waals surface area contributed by atoms with Crippen molar-refractivity contribution in [1.82, 2.24) is 5.32 Å². The summed E-state index contributed by atoms with van der Waals surface area (Å²) in [6.07, 6.45) is 2.07. The number of nitrogens with one attached hydrogen (secondary N) is 1. The summed E-state index contributed by atoms with van der Waals surface area (Å²) < 4.78 is 0. The zero-order chi connectivity index (χ0) is 13.9. The molecule has 2 nitrogen and oxygen atoms in total. The highest BCUT2D eigenvalue weighted by atomic mass is 32.2. The number of thioether (sulfide) groups is 1. The number of hydrogen-bond donors (Lipinski definition) is 2. The summed E-state index contributed by atoms with van der Waals surface area (Å²) in [6, 6.07) is 11.2. The van der Waals surface area contributed by atoms with Crippen molar-refractivity contribution < 1.29 is 5.11 Å². The van der Waals surface area contributed by atoms with Crippen molar-refractivity contribution in [1.29, 1.82) is 0 Å².